The number of hydrogen-bond acceptors (Lipinski definition) is 2. The fourth-order valence-corrected chi connectivity index (χ4v) is 3.77. The number of benzene rings is 1. The van der Waals surface area contributed by atoms with Gasteiger partial charge in [0.05, 0.1) is 5.41 Å². The summed E-state index contributed by atoms with van der Waals surface area (Å²) in [5, 5.41) is 2.93. The molecular weight excluding hydrogens is 354 g/mol. The number of nitrogens with one attached hydrogen (secondary N) is 1. The van der Waals surface area contributed by atoms with Gasteiger partial charge in [-0.2, -0.15) is 0 Å². The number of amides is 2. The van der Waals surface area contributed by atoms with E-state index in [2.05, 4.69) is 5.32 Å². The highest BCUT2D eigenvalue weighted by molar-refractivity contribution is 6.53. The van der Waals surface area contributed by atoms with Gasteiger partial charge in [0.15, 0.2) is 0 Å². The third-order valence-corrected chi connectivity index (χ3v) is 6.06. The Morgan fingerprint density at radius 1 is 1.21 bits per heavy atom. The molecule has 24 heavy (non-hydrogen) atoms. The summed E-state index contributed by atoms with van der Waals surface area (Å²) in [5.41, 5.74) is -0.269. The van der Waals surface area contributed by atoms with Crippen LogP contribution in [0, 0.1) is 11.2 Å². The molecule has 1 N–H and O–H groups in total. The van der Waals surface area contributed by atoms with Crippen molar-refractivity contribution in [3.05, 3.63) is 35.6 Å². The Labute approximate surface area is 150 Å². The van der Waals surface area contributed by atoms with E-state index >= 15 is 0 Å². The molecule has 0 radical (unpaired) electrons. The first-order valence-electron chi connectivity index (χ1n) is 7.96. The van der Waals surface area contributed by atoms with Crippen LogP contribution in [0.15, 0.2) is 24.3 Å². The van der Waals surface area contributed by atoms with Crippen molar-refractivity contribution in [1.82, 2.24) is 10.2 Å². The standard InChI is InChI=1S/C17H19Cl2FN2O2/c1-16(10-17(16,18)19)15(24)22-8-6-13(7-9-22)21-14(23)11-2-4-12(20)5-3-11/h2-5,13H,6-10H2,1H3,(H,21,23). The molecule has 2 aliphatic rings. The number of likely N-dealkylation sites (tertiary alicyclic amines) is 1. The number of nitrogens with zero attached hydrogens (tertiary/aromatic N) is 1. The zero-order valence-corrected chi connectivity index (χ0v) is 14.8. The first kappa shape index (κ1) is 17.5. The van der Waals surface area contributed by atoms with Gasteiger partial charge in [-0.3, -0.25) is 9.59 Å². The summed E-state index contributed by atoms with van der Waals surface area (Å²) in [7, 11) is 0. The van der Waals surface area contributed by atoms with Crippen LogP contribution in [0.1, 0.15) is 36.5 Å². The van der Waals surface area contributed by atoms with Gasteiger partial charge >= 0.3 is 0 Å². The molecule has 1 atom stereocenters. The van der Waals surface area contributed by atoms with Gasteiger partial charge in [0.1, 0.15) is 10.2 Å². The SMILES string of the molecule is CC1(C(=O)N2CCC(NC(=O)c3ccc(F)cc3)CC2)CC1(Cl)Cl. The Balaban J connectivity index is 1.51. The lowest BCUT2D eigenvalue weighted by Crippen LogP contribution is -2.48. The monoisotopic (exact) mass is 372 g/mol. The van der Waals surface area contributed by atoms with Crippen molar-refractivity contribution in [2.75, 3.05) is 13.1 Å². The van der Waals surface area contributed by atoms with Gasteiger partial charge in [0, 0.05) is 24.7 Å². The Kier molecular flexibility index (Phi) is 4.51. The number of rotatable bonds is 3. The van der Waals surface area contributed by atoms with Gasteiger partial charge in [0.2, 0.25) is 5.91 Å². The average Bonchev–Trinajstić information content (AvgIpc) is 3.07. The minimum atomic E-state index is -0.961. The molecule has 3 rings (SSSR count). The van der Waals surface area contributed by atoms with E-state index in [-0.39, 0.29) is 23.7 Å². The second-order valence-corrected chi connectivity index (χ2v) is 8.24. The molecule has 1 unspecified atom stereocenters. The summed E-state index contributed by atoms with van der Waals surface area (Å²) in [6, 6.07) is 5.43. The van der Waals surface area contributed by atoms with Crippen LogP contribution in [0.3, 0.4) is 0 Å². The molecule has 1 heterocycles. The van der Waals surface area contributed by atoms with Gasteiger partial charge in [-0.25, -0.2) is 4.39 Å². The summed E-state index contributed by atoms with van der Waals surface area (Å²) in [4.78, 5) is 26.4. The Morgan fingerprint density at radius 2 is 1.75 bits per heavy atom. The second kappa shape index (κ2) is 6.19. The van der Waals surface area contributed by atoms with Crippen molar-refractivity contribution in [2.24, 2.45) is 5.41 Å². The molecule has 130 valence electrons. The maximum atomic E-state index is 12.9. The Hall–Kier alpha value is -1.33. The fraction of sp³-hybridized carbons (Fsp3) is 0.529. The van der Waals surface area contributed by atoms with Crippen LogP contribution in [0.5, 0.6) is 0 Å². The third-order valence-electron chi connectivity index (χ3n) is 4.95. The number of hydrogen-bond donors (Lipinski definition) is 1. The van der Waals surface area contributed by atoms with Gasteiger partial charge in [-0.1, -0.05) is 0 Å². The molecule has 0 bridgehead atoms. The highest BCUT2D eigenvalue weighted by Crippen LogP contribution is 2.64. The van der Waals surface area contributed by atoms with Crippen LogP contribution in [-0.2, 0) is 4.79 Å². The molecule has 0 aromatic heterocycles. The largest absolute Gasteiger partial charge is 0.349 e. The maximum absolute atomic E-state index is 12.9. The van der Waals surface area contributed by atoms with E-state index in [4.69, 9.17) is 23.2 Å². The van der Waals surface area contributed by atoms with E-state index in [0.29, 0.717) is 37.9 Å². The number of halogens is 3. The van der Waals surface area contributed by atoms with Crippen molar-refractivity contribution in [3.8, 4) is 0 Å². The molecule has 7 heteroatoms. The number of piperidine rings is 1. The van der Waals surface area contributed by atoms with Crippen molar-refractivity contribution in [2.45, 2.75) is 36.6 Å². The van der Waals surface area contributed by atoms with Crippen LogP contribution in [0.25, 0.3) is 0 Å². The van der Waals surface area contributed by atoms with Crippen LogP contribution in [-0.4, -0.2) is 40.2 Å². The topological polar surface area (TPSA) is 49.4 Å². The van der Waals surface area contributed by atoms with Crippen LogP contribution in [0.2, 0.25) is 0 Å². The predicted molar refractivity (Wildman–Crippen MR) is 90.6 cm³/mol. The molecule has 0 spiro atoms. The second-order valence-electron chi connectivity index (χ2n) is 6.76. The summed E-state index contributed by atoms with van der Waals surface area (Å²) in [6.45, 7) is 2.91. The highest BCUT2D eigenvalue weighted by Gasteiger charge is 2.68. The Morgan fingerprint density at radius 3 is 2.25 bits per heavy atom. The van der Waals surface area contributed by atoms with Gasteiger partial charge in [0.25, 0.3) is 5.91 Å². The van der Waals surface area contributed by atoms with Crippen LogP contribution in [0.4, 0.5) is 4.39 Å². The molecule has 2 amide bonds. The van der Waals surface area contributed by atoms with Crippen LogP contribution >= 0.6 is 23.2 Å². The van der Waals surface area contributed by atoms with Crippen molar-refractivity contribution < 1.29 is 14.0 Å². The van der Waals surface area contributed by atoms with E-state index in [1.54, 1.807) is 11.8 Å². The third kappa shape index (κ3) is 3.24. The van der Waals surface area contributed by atoms with E-state index in [9.17, 15) is 14.0 Å². The molecule has 1 aliphatic carbocycles. The van der Waals surface area contributed by atoms with Crippen molar-refractivity contribution in [1.29, 1.82) is 0 Å². The van der Waals surface area contributed by atoms with E-state index in [1.807, 2.05) is 0 Å². The minimum absolute atomic E-state index is 0.00428. The molecular formula is C17H19Cl2FN2O2. The first-order chi connectivity index (χ1) is 11.2. The zero-order valence-electron chi connectivity index (χ0n) is 13.3. The maximum Gasteiger partial charge on any atom is 0.251 e. The zero-order chi connectivity index (χ0) is 17.5. The van der Waals surface area contributed by atoms with E-state index in [1.165, 1.54) is 24.3 Å². The predicted octanol–water partition coefficient (Wildman–Crippen LogP) is 3.13. The lowest BCUT2D eigenvalue weighted by atomic mass is 10.0. The molecule has 4 nitrogen and oxygen atoms in total. The number of alkyl halides is 2. The van der Waals surface area contributed by atoms with Gasteiger partial charge in [-0.05, 0) is 50.5 Å². The smallest absolute Gasteiger partial charge is 0.251 e. The molecule has 1 aromatic rings. The van der Waals surface area contributed by atoms with Gasteiger partial charge < -0.3 is 10.2 Å². The quantitative estimate of drug-likeness (QED) is 0.828. The first-order valence-corrected chi connectivity index (χ1v) is 8.72. The normalized spacial score (nSPS) is 26.1. The van der Waals surface area contributed by atoms with Gasteiger partial charge in [-0.15, -0.1) is 23.2 Å². The summed E-state index contributed by atoms with van der Waals surface area (Å²) < 4.78 is 11.9. The fourth-order valence-electron chi connectivity index (χ4n) is 3.08. The number of carbonyl (C=O) groups excluding carboxylic acids is 2. The van der Waals surface area contributed by atoms with Crippen molar-refractivity contribution in [3.63, 3.8) is 0 Å². The van der Waals surface area contributed by atoms with E-state index in [0.717, 1.165) is 0 Å². The molecule has 2 fully saturated rings. The van der Waals surface area contributed by atoms with E-state index < -0.39 is 9.75 Å². The van der Waals surface area contributed by atoms with Crippen LogP contribution < -0.4 is 5.32 Å². The summed E-state index contributed by atoms with van der Waals surface area (Å²) in [6.07, 6.45) is 1.82. The average molecular weight is 373 g/mol. The lowest BCUT2D eigenvalue weighted by Gasteiger charge is -2.34. The summed E-state index contributed by atoms with van der Waals surface area (Å²) >= 11 is 12.1. The van der Waals surface area contributed by atoms with Crippen molar-refractivity contribution >= 4 is 35.0 Å². The molecule has 1 saturated carbocycles. The summed E-state index contributed by atoms with van der Waals surface area (Å²) in [5.74, 6) is -0.619. The molecule has 1 saturated heterocycles. The molecule has 1 aliphatic heterocycles. The lowest BCUT2D eigenvalue weighted by molar-refractivity contribution is -0.137. The number of carbonyl (C=O) groups is 2. The minimum Gasteiger partial charge on any atom is -0.349 e. The Bertz CT molecular complexity index is 657. The highest BCUT2D eigenvalue weighted by atomic mass is 35.5. The molecule has 1 aromatic carbocycles.